The van der Waals surface area contributed by atoms with Crippen molar-refractivity contribution in [3.63, 3.8) is 0 Å². The van der Waals surface area contributed by atoms with Crippen LogP contribution in [0.5, 0.6) is 0 Å². The number of benzene rings is 1. The van der Waals surface area contributed by atoms with Crippen molar-refractivity contribution >= 4 is 46.0 Å². The van der Waals surface area contributed by atoms with E-state index >= 15 is 0 Å². The van der Waals surface area contributed by atoms with E-state index in [1.807, 2.05) is 48.3 Å². The predicted molar refractivity (Wildman–Crippen MR) is 122 cm³/mol. The number of aromatic nitrogens is 1. The molecular formula is C21H23N3OS3. The van der Waals surface area contributed by atoms with Gasteiger partial charge in [0.25, 0.3) is 5.91 Å². The van der Waals surface area contributed by atoms with E-state index in [1.165, 1.54) is 41.5 Å². The van der Waals surface area contributed by atoms with Crippen LogP contribution in [0.3, 0.4) is 0 Å². The maximum atomic E-state index is 12.7. The van der Waals surface area contributed by atoms with Gasteiger partial charge in [0.05, 0.1) is 10.6 Å². The molecule has 1 aromatic carbocycles. The third kappa shape index (κ3) is 4.84. The monoisotopic (exact) mass is 429 g/mol. The molecule has 4 rings (SSSR count). The van der Waals surface area contributed by atoms with Crippen LogP contribution < -0.4 is 5.32 Å². The molecular weight excluding hydrogens is 406 g/mol. The summed E-state index contributed by atoms with van der Waals surface area (Å²) in [6.45, 7) is 5.39. The Labute approximate surface area is 178 Å². The number of aryl methyl sites for hydroxylation is 1. The Bertz CT molecular complexity index is 913. The average molecular weight is 430 g/mol. The van der Waals surface area contributed by atoms with Gasteiger partial charge >= 0.3 is 0 Å². The topological polar surface area (TPSA) is 45.2 Å². The minimum absolute atomic E-state index is 0.0867. The molecule has 0 radical (unpaired) electrons. The van der Waals surface area contributed by atoms with Gasteiger partial charge in [-0.25, -0.2) is 4.98 Å². The first-order valence-electron chi connectivity index (χ1n) is 9.41. The molecule has 1 aliphatic heterocycles. The van der Waals surface area contributed by atoms with Crippen LogP contribution in [0.2, 0.25) is 0 Å². The molecule has 1 saturated heterocycles. The SMILES string of the molecule is Cc1nc(-c2cccs2)sc1C(=O)Nc1ccc(CCN2CCSCC2)cc1. The van der Waals surface area contributed by atoms with Gasteiger partial charge in [-0.2, -0.15) is 11.8 Å². The molecule has 1 aliphatic rings. The molecule has 1 amide bonds. The van der Waals surface area contributed by atoms with Crippen molar-refractivity contribution in [3.8, 4) is 9.88 Å². The van der Waals surface area contributed by atoms with Gasteiger partial charge in [-0.1, -0.05) is 18.2 Å². The smallest absolute Gasteiger partial charge is 0.267 e. The largest absolute Gasteiger partial charge is 0.321 e. The first-order valence-corrected chi connectivity index (χ1v) is 12.3. The number of carbonyl (C=O) groups is 1. The average Bonchev–Trinajstić information content (AvgIpc) is 3.38. The molecule has 0 spiro atoms. The number of anilines is 1. The molecule has 3 heterocycles. The summed E-state index contributed by atoms with van der Waals surface area (Å²) < 4.78 is 0. The van der Waals surface area contributed by atoms with E-state index in [9.17, 15) is 4.79 Å². The first kappa shape index (κ1) is 19.6. The van der Waals surface area contributed by atoms with Gasteiger partial charge in [0.1, 0.15) is 9.88 Å². The molecule has 0 unspecified atom stereocenters. The van der Waals surface area contributed by atoms with Crippen LogP contribution in [-0.2, 0) is 6.42 Å². The molecule has 0 saturated carbocycles. The number of thiophene rings is 1. The highest BCUT2D eigenvalue weighted by molar-refractivity contribution is 7.99. The van der Waals surface area contributed by atoms with Crippen molar-refractivity contribution in [2.75, 3.05) is 36.5 Å². The van der Waals surface area contributed by atoms with Gasteiger partial charge < -0.3 is 10.2 Å². The maximum Gasteiger partial charge on any atom is 0.267 e. The fraction of sp³-hybridized carbons (Fsp3) is 0.333. The zero-order valence-corrected chi connectivity index (χ0v) is 18.3. The van der Waals surface area contributed by atoms with Crippen LogP contribution >= 0.6 is 34.4 Å². The summed E-state index contributed by atoms with van der Waals surface area (Å²) in [5.74, 6) is 2.41. The molecule has 0 atom stereocenters. The summed E-state index contributed by atoms with van der Waals surface area (Å²) in [5, 5.41) is 5.94. The second-order valence-electron chi connectivity index (χ2n) is 6.77. The molecule has 0 bridgehead atoms. The molecule has 3 aromatic rings. The van der Waals surface area contributed by atoms with Crippen molar-refractivity contribution in [1.29, 1.82) is 0 Å². The Hall–Kier alpha value is -1.67. The number of carbonyl (C=O) groups excluding carboxylic acids is 1. The van der Waals surface area contributed by atoms with Crippen LogP contribution in [0.4, 0.5) is 5.69 Å². The van der Waals surface area contributed by atoms with Crippen molar-refractivity contribution in [2.24, 2.45) is 0 Å². The predicted octanol–water partition coefficient (Wildman–Crippen LogP) is 5.02. The number of amides is 1. The number of hydrogen-bond donors (Lipinski definition) is 1. The third-order valence-corrected chi connectivity index (χ3v) is 7.90. The number of nitrogens with one attached hydrogen (secondary N) is 1. The minimum atomic E-state index is -0.0867. The summed E-state index contributed by atoms with van der Waals surface area (Å²) in [7, 11) is 0. The van der Waals surface area contributed by atoms with E-state index in [-0.39, 0.29) is 5.91 Å². The number of hydrogen-bond acceptors (Lipinski definition) is 6. The van der Waals surface area contributed by atoms with E-state index in [2.05, 4.69) is 27.3 Å². The Morgan fingerprint density at radius 3 is 2.68 bits per heavy atom. The van der Waals surface area contributed by atoms with Gasteiger partial charge in [-0.05, 0) is 42.5 Å². The van der Waals surface area contributed by atoms with Crippen molar-refractivity contribution in [1.82, 2.24) is 9.88 Å². The molecule has 4 nitrogen and oxygen atoms in total. The number of rotatable bonds is 6. The molecule has 146 valence electrons. The fourth-order valence-electron chi connectivity index (χ4n) is 3.17. The lowest BCUT2D eigenvalue weighted by Gasteiger charge is -2.26. The minimum Gasteiger partial charge on any atom is -0.321 e. The molecule has 1 fully saturated rings. The zero-order chi connectivity index (χ0) is 19.3. The lowest BCUT2D eigenvalue weighted by Crippen LogP contribution is -2.34. The van der Waals surface area contributed by atoms with Gasteiger partial charge in [0.2, 0.25) is 0 Å². The highest BCUT2D eigenvalue weighted by Crippen LogP contribution is 2.31. The van der Waals surface area contributed by atoms with Gasteiger partial charge in [0.15, 0.2) is 0 Å². The molecule has 0 aliphatic carbocycles. The van der Waals surface area contributed by atoms with E-state index in [0.29, 0.717) is 4.88 Å². The van der Waals surface area contributed by atoms with E-state index in [0.717, 1.165) is 34.2 Å². The van der Waals surface area contributed by atoms with Crippen LogP contribution in [-0.4, -0.2) is 46.9 Å². The quantitative estimate of drug-likeness (QED) is 0.597. The summed E-state index contributed by atoms with van der Waals surface area (Å²) in [5.41, 5.74) is 2.92. The highest BCUT2D eigenvalue weighted by Gasteiger charge is 2.17. The second-order valence-corrected chi connectivity index (χ2v) is 9.94. The number of nitrogens with zero attached hydrogens (tertiary/aromatic N) is 2. The van der Waals surface area contributed by atoms with E-state index in [4.69, 9.17) is 0 Å². The van der Waals surface area contributed by atoms with Crippen LogP contribution in [0.25, 0.3) is 9.88 Å². The zero-order valence-electron chi connectivity index (χ0n) is 15.8. The first-order chi connectivity index (χ1) is 13.7. The fourth-order valence-corrected chi connectivity index (χ4v) is 5.90. The van der Waals surface area contributed by atoms with Crippen LogP contribution in [0.15, 0.2) is 41.8 Å². The van der Waals surface area contributed by atoms with Gasteiger partial charge in [-0.3, -0.25) is 4.79 Å². The second kappa shape index (κ2) is 9.22. The van der Waals surface area contributed by atoms with Crippen molar-refractivity contribution < 1.29 is 4.79 Å². The van der Waals surface area contributed by atoms with Gasteiger partial charge in [-0.15, -0.1) is 22.7 Å². The highest BCUT2D eigenvalue weighted by atomic mass is 32.2. The van der Waals surface area contributed by atoms with Crippen LogP contribution in [0, 0.1) is 6.92 Å². The summed E-state index contributed by atoms with van der Waals surface area (Å²) in [6.07, 6.45) is 1.05. The lowest BCUT2D eigenvalue weighted by atomic mass is 10.1. The normalized spacial score (nSPS) is 14.9. The summed E-state index contributed by atoms with van der Waals surface area (Å²) in [4.78, 5) is 21.6. The maximum absolute atomic E-state index is 12.7. The third-order valence-electron chi connectivity index (χ3n) is 4.77. The van der Waals surface area contributed by atoms with Crippen molar-refractivity contribution in [3.05, 3.63) is 57.9 Å². The van der Waals surface area contributed by atoms with Gasteiger partial charge in [0, 0.05) is 36.8 Å². The summed E-state index contributed by atoms with van der Waals surface area (Å²) in [6, 6.07) is 12.3. The Balaban J connectivity index is 1.35. The number of thioether (sulfide) groups is 1. The Morgan fingerprint density at radius 2 is 1.96 bits per heavy atom. The van der Waals surface area contributed by atoms with Crippen molar-refractivity contribution in [2.45, 2.75) is 13.3 Å². The van der Waals surface area contributed by atoms with Crippen LogP contribution in [0.1, 0.15) is 20.9 Å². The number of thiazole rings is 1. The molecule has 7 heteroatoms. The standard InChI is InChI=1S/C21H23N3OS3/c1-15-19(28-21(22-15)18-3-2-12-27-18)20(25)23-17-6-4-16(5-7-17)8-9-24-10-13-26-14-11-24/h2-7,12H,8-11,13-14H2,1H3,(H,23,25). The Morgan fingerprint density at radius 1 is 1.18 bits per heavy atom. The Kier molecular flexibility index (Phi) is 6.47. The van der Waals surface area contributed by atoms with E-state index < -0.39 is 0 Å². The lowest BCUT2D eigenvalue weighted by molar-refractivity contribution is 0.103. The molecule has 2 aromatic heterocycles. The molecule has 28 heavy (non-hydrogen) atoms. The molecule has 1 N–H and O–H groups in total. The summed E-state index contributed by atoms with van der Waals surface area (Å²) >= 11 is 5.14. The van der Waals surface area contributed by atoms with E-state index in [1.54, 1.807) is 11.3 Å².